The van der Waals surface area contributed by atoms with E-state index in [1.165, 1.54) is 26.2 Å². The van der Waals surface area contributed by atoms with Gasteiger partial charge in [0.15, 0.2) is 5.96 Å². The molecule has 5 nitrogen and oxygen atoms in total. The molecule has 2 aliphatic heterocycles. The van der Waals surface area contributed by atoms with Crippen molar-refractivity contribution in [1.29, 1.82) is 0 Å². The Morgan fingerprint density at radius 2 is 1.64 bits per heavy atom. The lowest BCUT2D eigenvalue weighted by atomic mass is 9.65. The topological polar surface area (TPSA) is 34.1 Å². The molecule has 2 saturated heterocycles. The molecule has 6 heteroatoms. The zero-order valence-electron chi connectivity index (χ0n) is 17.6. The summed E-state index contributed by atoms with van der Waals surface area (Å²) in [6.07, 6.45) is 0. The van der Waals surface area contributed by atoms with Crippen molar-refractivity contribution in [2.45, 2.75) is 53.1 Å². The Morgan fingerprint density at radius 1 is 1.08 bits per heavy atom. The van der Waals surface area contributed by atoms with Crippen LogP contribution in [0.1, 0.15) is 41.5 Å². The van der Waals surface area contributed by atoms with Gasteiger partial charge >= 0.3 is 0 Å². The summed E-state index contributed by atoms with van der Waals surface area (Å²) >= 11 is 0. The van der Waals surface area contributed by atoms with E-state index in [1.54, 1.807) is 0 Å². The van der Waals surface area contributed by atoms with Crippen molar-refractivity contribution in [2.75, 3.05) is 53.4 Å². The van der Waals surface area contributed by atoms with Gasteiger partial charge in [0.2, 0.25) is 0 Å². The zero-order chi connectivity index (χ0) is 18.1. The number of halogens is 1. The molecular weight excluding hydrogens is 425 g/mol. The third-order valence-corrected chi connectivity index (χ3v) is 6.60. The second-order valence-corrected chi connectivity index (χ2v) is 9.11. The number of guanidine groups is 1. The number of hydrogen-bond donors (Lipinski definition) is 1. The number of hydrogen-bond acceptors (Lipinski definition) is 3. The Bertz CT molecular complexity index is 453. The van der Waals surface area contributed by atoms with Crippen LogP contribution in [-0.2, 0) is 0 Å². The fraction of sp³-hybridized carbons (Fsp3) is 0.947. The van der Waals surface area contributed by atoms with Crippen LogP contribution in [0.5, 0.6) is 0 Å². The molecule has 2 aliphatic rings. The van der Waals surface area contributed by atoms with Crippen LogP contribution in [0, 0.1) is 11.3 Å². The molecule has 0 aromatic heterocycles. The lowest BCUT2D eigenvalue weighted by Gasteiger charge is -2.62. The smallest absolute Gasteiger partial charge is 0.194 e. The molecule has 1 atom stereocenters. The second kappa shape index (κ2) is 8.74. The molecule has 0 aromatic carbocycles. The van der Waals surface area contributed by atoms with Gasteiger partial charge in [-0.1, -0.05) is 27.7 Å². The van der Waals surface area contributed by atoms with E-state index in [-0.39, 0.29) is 29.5 Å². The summed E-state index contributed by atoms with van der Waals surface area (Å²) in [6.45, 7) is 20.7. The lowest BCUT2D eigenvalue weighted by molar-refractivity contribution is -0.0670. The molecular formula is C19H40IN5. The van der Waals surface area contributed by atoms with E-state index >= 15 is 0 Å². The fourth-order valence-electron chi connectivity index (χ4n) is 3.83. The van der Waals surface area contributed by atoms with E-state index in [2.05, 4.69) is 73.6 Å². The summed E-state index contributed by atoms with van der Waals surface area (Å²) < 4.78 is 0. The second-order valence-electron chi connectivity index (χ2n) is 9.11. The van der Waals surface area contributed by atoms with Crippen LogP contribution in [0.3, 0.4) is 0 Å². The molecule has 0 amide bonds. The summed E-state index contributed by atoms with van der Waals surface area (Å²) in [5.74, 6) is 1.69. The highest BCUT2D eigenvalue weighted by Gasteiger charge is 2.53. The number of nitrogens with zero attached hydrogens (tertiary/aromatic N) is 4. The maximum Gasteiger partial charge on any atom is 0.194 e. The predicted molar refractivity (Wildman–Crippen MR) is 119 cm³/mol. The first kappa shape index (κ1) is 23.0. The van der Waals surface area contributed by atoms with Gasteiger partial charge in [-0.05, 0) is 26.8 Å². The molecule has 2 heterocycles. The molecule has 0 bridgehead atoms. The fourth-order valence-corrected chi connectivity index (χ4v) is 3.83. The zero-order valence-corrected chi connectivity index (χ0v) is 19.9. The van der Waals surface area contributed by atoms with Gasteiger partial charge in [0, 0.05) is 63.3 Å². The molecule has 2 rings (SSSR count). The number of rotatable bonds is 4. The highest BCUT2D eigenvalue weighted by molar-refractivity contribution is 14.0. The minimum Gasteiger partial charge on any atom is -0.355 e. The number of nitrogens with one attached hydrogen (secondary N) is 1. The first-order valence-electron chi connectivity index (χ1n) is 9.51. The summed E-state index contributed by atoms with van der Waals surface area (Å²) in [4.78, 5) is 12.1. The van der Waals surface area contributed by atoms with Gasteiger partial charge in [-0.3, -0.25) is 9.89 Å². The van der Waals surface area contributed by atoms with Crippen LogP contribution >= 0.6 is 24.0 Å². The van der Waals surface area contributed by atoms with Crippen LogP contribution < -0.4 is 5.32 Å². The van der Waals surface area contributed by atoms with E-state index in [0.717, 1.165) is 19.0 Å². The van der Waals surface area contributed by atoms with Crippen LogP contribution in [0.2, 0.25) is 0 Å². The van der Waals surface area contributed by atoms with Crippen LogP contribution in [0.15, 0.2) is 4.99 Å². The Kier molecular flexibility index (Phi) is 8.03. The van der Waals surface area contributed by atoms with E-state index in [0.29, 0.717) is 17.4 Å². The monoisotopic (exact) mass is 465 g/mol. The van der Waals surface area contributed by atoms with Gasteiger partial charge in [0.05, 0.1) is 0 Å². The van der Waals surface area contributed by atoms with Gasteiger partial charge in [0.1, 0.15) is 0 Å². The molecule has 0 saturated carbocycles. The van der Waals surface area contributed by atoms with Crippen molar-refractivity contribution >= 4 is 29.9 Å². The standard InChI is InChI=1S/C19H39N5.HI/c1-15(2)16(23-11-9-22(8)10-12-23)13-21-17(20-7)24-14-18(3,4)19(24,5)6;/h15-16H,9-14H2,1-8H3,(H,20,21);1H. The van der Waals surface area contributed by atoms with Gasteiger partial charge in [0.25, 0.3) is 0 Å². The van der Waals surface area contributed by atoms with Gasteiger partial charge in [-0.25, -0.2) is 0 Å². The maximum absolute atomic E-state index is 4.56. The third-order valence-electron chi connectivity index (χ3n) is 6.60. The number of likely N-dealkylation sites (N-methyl/N-ethyl adjacent to an activating group) is 1. The lowest BCUT2D eigenvalue weighted by Crippen LogP contribution is -2.73. The van der Waals surface area contributed by atoms with Crippen molar-refractivity contribution in [2.24, 2.45) is 16.3 Å². The van der Waals surface area contributed by atoms with Gasteiger partial charge in [-0.2, -0.15) is 0 Å². The SMILES string of the molecule is CN=C(NCC(C(C)C)N1CCN(C)CC1)N1CC(C)(C)C1(C)C.I. The van der Waals surface area contributed by atoms with Crippen LogP contribution in [-0.4, -0.2) is 85.6 Å². The molecule has 2 fully saturated rings. The van der Waals surface area contributed by atoms with E-state index in [1.807, 2.05) is 7.05 Å². The molecule has 0 radical (unpaired) electrons. The van der Waals surface area contributed by atoms with Crippen molar-refractivity contribution < 1.29 is 0 Å². The van der Waals surface area contributed by atoms with Crippen molar-refractivity contribution in [3.63, 3.8) is 0 Å². The van der Waals surface area contributed by atoms with E-state index in [4.69, 9.17) is 0 Å². The summed E-state index contributed by atoms with van der Waals surface area (Å²) in [5.41, 5.74) is 0.482. The predicted octanol–water partition coefficient (Wildman–Crippen LogP) is 2.57. The van der Waals surface area contributed by atoms with E-state index < -0.39 is 0 Å². The van der Waals surface area contributed by atoms with E-state index in [9.17, 15) is 0 Å². The number of aliphatic imine (C=N–C) groups is 1. The number of likely N-dealkylation sites (tertiary alicyclic amines) is 1. The van der Waals surface area contributed by atoms with Gasteiger partial charge in [-0.15, -0.1) is 24.0 Å². The Balaban J connectivity index is 0.00000312. The Morgan fingerprint density at radius 3 is 2.04 bits per heavy atom. The Labute approximate surface area is 172 Å². The molecule has 148 valence electrons. The quantitative estimate of drug-likeness (QED) is 0.393. The largest absolute Gasteiger partial charge is 0.355 e. The summed E-state index contributed by atoms with van der Waals surface area (Å²) in [7, 11) is 4.12. The molecule has 25 heavy (non-hydrogen) atoms. The minimum absolute atomic E-state index is 0. The van der Waals surface area contributed by atoms with Gasteiger partial charge < -0.3 is 15.1 Å². The Hall–Kier alpha value is -0.0800. The molecule has 0 aliphatic carbocycles. The minimum atomic E-state index is 0. The van der Waals surface area contributed by atoms with Crippen molar-refractivity contribution in [3.05, 3.63) is 0 Å². The molecule has 0 spiro atoms. The first-order chi connectivity index (χ1) is 11.1. The van der Waals surface area contributed by atoms with Crippen molar-refractivity contribution in [3.8, 4) is 0 Å². The van der Waals surface area contributed by atoms with Crippen LogP contribution in [0.25, 0.3) is 0 Å². The molecule has 1 N–H and O–H groups in total. The highest BCUT2D eigenvalue weighted by atomic mass is 127. The summed E-state index contributed by atoms with van der Waals surface area (Å²) in [5, 5.41) is 3.68. The third kappa shape index (κ3) is 4.80. The molecule has 1 unspecified atom stereocenters. The normalized spacial score (nSPS) is 25.3. The first-order valence-corrected chi connectivity index (χ1v) is 9.51. The molecule has 0 aromatic rings. The maximum atomic E-state index is 4.56. The number of piperazine rings is 1. The average Bonchev–Trinajstić information content (AvgIpc) is 2.51. The summed E-state index contributed by atoms with van der Waals surface area (Å²) in [6, 6.07) is 0.563. The average molecular weight is 465 g/mol. The van der Waals surface area contributed by atoms with Crippen molar-refractivity contribution in [1.82, 2.24) is 20.0 Å². The van der Waals surface area contributed by atoms with Crippen LogP contribution in [0.4, 0.5) is 0 Å². The highest BCUT2D eigenvalue weighted by Crippen LogP contribution is 2.46.